The number of alkyl carbamates (subject to hydrolysis) is 1. The van der Waals surface area contributed by atoms with Gasteiger partial charge in [-0.25, -0.2) is 4.79 Å². The molecule has 2 amide bonds. The van der Waals surface area contributed by atoms with Crippen molar-refractivity contribution in [2.45, 2.75) is 32.5 Å². The molecule has 0 radical (unpaired) electrons. The van der Waals surface area contributed by atoms with Crippen molar-refractivity contribution in [1.29, 1.82) is 0 Å². The number of benzene rings is 3. The van der Waals surface area contributed by atoms with Crippen LogP contribution < -0.4 is 10.6 Å². The number of hydrogen-bond acceptors (Lipinski definition) is 3. The van der Waals surface area contributed by atoms with Crippen LogP contribution >= 0.6 is 0 Å². The largest absolute Gasteiger partial charge is 0.445 e. The van der Waals surface area contributed by atoms with Gasteiger partial charge in [0.1, 0.15) is 12.6 Å². The molecule has 1 atom stereocenters. The summed E-state index contributed by atoms with van der Waals surface area (Å²) >= 11 is 0. The number of rotatable bonds is 8. The number of hydrogen-bond donors (Lipinski definition) is 2. The Hall–Kier alpha value is -3.60. The predicted octanol–water partition coefficient (Wildman–Crippen LogP) is 4.15. The highest BCUT2D eigenvalue weighted by molar-refractivity contribution is 5.85. The third-order valence-corrected chi connectivity index (χ3v) is 4.69. The number of nitrogens with one attached hydrogen (secondary N) is 2. The normalized spacial score (nSPS) is 11.4. The van der Waals surface area contributed by atoms with Gasteiger partial charge in [-0.1, -0.05) is 90.5 Å². The molecule has 3 aromatic carbocycles. The molecule has 1 unspecified atom stereocenters. The highest BCUT2D eigenvalue weighted by Crippen LogP contribution is 2.07. The van der Waals surface area contributed by atoms with Gasteiger partial charge in [-0.2, -0.15) is 0 Å². The molecule has 5 nitrogen and oxygen atoms in total. The summed E-state index contributed by atoms with van der Waals surface area (Å²) in [5.41, 5.74) is 4.00. The van der Waals surface area contributed by atoms with Gasteiger partial charge >= 0.3 is 6.09 Å². The first-order valence-electron chi connectivity index (χ1n) is 9.94. The maximum absolute atomic E-state index is 12.8. The van der Waals surface area contributed by atoms with E-state index >= 15 is 0 Å². The number of carbonyl (C=O) groups is 2. The van der Waals surface area contributed by atoms with Crippen LogP contribution in [0.3, 0.4) is 0 Å². The first kappa shape index (κ1) is 21.1. The highest BCUT2D eigenvalue weighted by atomic mass is 16.5. The Morgan fingerprint density at radius 2 is 1.40 bits per heavy atom. The van der Waals surface area contributed by atoms with Gasteiger partial charge in [-0.05, 0) is 23.6 Å². The molecule has 0 aliphatic carbocycles. The molecular weight excluding hydrogens is 376 g/mol. The Morgan fingerprint density at radius 3 is 2.03 bits per heavy atom. The fraction of sp³-hybridized carbons (Fsp3) is 0.200. The minimum atomic E-state index is -0.735. The Kier molecular flexibility index (Phi) is 7.61. The highest BCUT2D eigenvalue weighted by Gasteiger charge is 2.22. The minimum Gasteiger partial charge on any atom is -0.445 e. The zero-order valence-electron chi connectivity index (χ0n) is 17.0. The van der Waals surface area contributed by atoms with Gasteiger partial charge in [0, 0.05) is 13.0 Å². The Labute approximate surface area is 177 Å². The van der Waals surface area contributed by atoms with Gasteiger partial charge in [-0.15, -0.1) is 0 Å². The van der Waals surface area contributed by atoms with E-state index < -0.39 is 12.1 Å². The third-order valence-electron chi connectivity index (χ3n) is 4.69. The number of ether oxygens (including phenoxy) is 1. The van der Waals surface area contributed by atoms with Gasteiger partial charge in [0.25, 0.3) is 0 Å². The molecule has 0 bridgehead atoms. The standard InChI is InChI=1S/C25H26N2O3/c1-19-12-14-21(15-13-19)17-26-24(28)23(16-20-8-4-2-5-9-20)27-25(29)30-18-22-10-6-3-7-11-22/h2-15,23H,16-18H2,1H3,(H,26,28)(H,27,29). The summed E-state index contributed by atoms with van der Waals surface area (Å²) in [6, 6.07) is 26.2. The fourth-order valence-electron chi connectivity index (χ4n) is 2.98. The maximum atomic E-state index is 12.8. The summed E-state index contributed by atoms with van der Waals surface area (Å²) in [6.07, 6.45) is -0.244. The third kappa shape index (κ3) is 6.78. The fourth-order valence-corrected chi connectivity index (χ4v) is 2.98. The lowest BCUT2D eigenvalue weighted by Crippen LogP contribution is -2.48. The van der Waals surface area contributed by atoms with Crippen LogP contribution in [0.15, 0.2) is 84.9 Å². The van der Waals surface area contributed by atoms with Crippen LogP contribution in [0.4, 0.5) is 4.79 Å². The number of amides is 2. The molecule has 30 heavy (non-hydrogen) atoms. The van der Waals surface area contributed by atoms with Gasteiger partial charge in [-0.3, -0.25) is 4.79 Å². The monoisotopic (exact) mass is 402 g/mol. The van der Waals surface area contributed by atoms with E-state index in [-0.39, 0.29) is 12.5 Å². The molecule has 0 aliphatic rings. The number of aryl methyl sites for hydroxylation is 1. The minimum absolute atomic E-state index is 0.149. The van der Waals surface area contributed by atoms with Crippen molar-refractivity contribution in [1.82, 2.24) is 10.6 Å². The van der Waals surface area contributed by atoms with Crippen LogP contribution in [0.1, 0.15) is 22.3 Å². The summed E-state index contributed by atoms with van der Waals surface area (Å²) in [4.78, 5) is 25.1. The van der Waals surface area contributed by atoms with Crippen molar-refractivity contribution in [2.24, 2.45) is 0 Å². The van der Waals surface area contributed by atoms with Crippen molar-refractivity contribution in [3.05, 3.63) is 107 Å². The van der Waals surface area contributed by atoms with Crippen LogP contribution in [-0.2, 0) is 29.1 Å². The molecule has 0 saturated carbocycles. The van der Waals surface area contributed by atoms with E-state index in [2.05, 4.69) is 10.6 Å². The van der Waals surface area contributed by atoms with E-state index in [4.69, 9.17) is 4.74 Å². The van der Waals surface area contributed by atoms with E-state index in [1.54, 1.807) is 0 Å². The zero-order chi connectivity index (χ0) is 21.2. The topological polar surface area (TPSA) is 67.4 Å². The van der Waals surface area contributed by atoms with E-state index in [1.165, 1.54) is 0 Å². The lowest BCUT2D eigenvalue weighted by atomic mass is 10.1. The maximum Gasteiger partial charge on any atom is 0.408 e. The second-order valence-corrected chi connectivity index (χ2v) is 7.15. The van der Waals surface area contributed by atoms with E-state index in [0.717, 1.165) is 22.3 Å². The Balaban J connectivity index is 1.60. The van der Waals surface area contributed by atoms with Gasteiger partial charge < -0.3 is 15.4 Å². The summed E-state index contributed by atoms with van der Waals surface area (Å²) in [6.45, 7) is 2.56. The Morgan fingerprint density at radius 1 is 0.800 bits per heavy atom. The summed E-state index contributed by atoms with van der Waals surface area (Å²) in [5.74, 6) is -0.254. The molecule has 154 valence electrons. The molecule has 0 aromatic heterocycles. The van der Waals surface area contributed by atoms with Gasteiger partial charge in [0.2, 0.25) is 5.91 Å². The first-order chi connectivity index (χ1) is 14.6. The van der Waals surface area contributed by atoms with Crippen LogP contribution in [0, 0.1) is 6.92 Å². The molecule has 0 aliphatic heterocycles. The lowest BCUT2D eigenvalue weighted by molar-refractivity contribution is -0.123. The molecular formula is C25H26N2O3. The van der Waals surface area contributed by atoms with Crippen molar-refractivity contribution >= 4 is 12.0 Å². The lowest BCUT2D eigenvalue weighted by Gasteiger charge is -2.19. The second kappa shape index (κ2) is 10.8. The summed E-state index contributed by atoms with van der Waals surface area (Å²) in [5, 5.41) is 5.62. The Bertz CT molecular complexity index is 941. The molecule has 3 aromatic rings. The number of carbonyl (C=O) groups excluding carboxylic acids is 2. The first-order valence-corrected chi connectivity index (χ1v) is 9.94. The molecule has 0 spiro atoms. The average molecular weight is 402 g/mol. The summed E-state index contributed by atoms with van der Waals surface area (Å²) < 4.78 is 5.29. The van der Waals surface area contributed by atoms with Crippen molar-refractivity contribution < 1.29 is 14.3 Å². The van der Waals surface area contributed by atoms with Gasteiger partial charge in [0.05, 0.1) is 0 Å². The average Bonchev–Trinajstić information content (AvgIpc) is 2.78. The SMILES string of the molecule is Cc1ccc(CNC(=O)C(Cc2ccccc2)NC(=O)OCc2ccccc2)cc1. The molecule has 5 heteroatoms. The van der Waals surface area contributed by atoms with Gasteiger partial charge in [0.15, 0.2) is 0 Å². The van der Waals surface area contributed by atoms with Crippen LogP contribution in [0.2, 0.25) is 0 Å². The van der Waals surface area contributed by atoms with E-state index in [0.29, 0.717) is 13.0 Å². The van der Waals surface area contributed by atoms with Crippen molar-refractivity contribution in [3.63, 3.8) is 0 Å². The van der Waals surface area contributed by atoms with Crippen LogP contribution in [0.5, 0.6) is 0 Å². The summed E-state index contributed by atoms with van der Waals surface area (Å²) in [7, 11) is 0. The smallest absolute Gasteiger partial charge is 0.408 e. The van der Waals surface area contributed by atoms with Crippen LogP contribution in [0.25, 0.3) is 0 Å². The van der Waals surface area contributed by atoms with E-state index in [9.17, 15) is 9.59 Å². The van der Waals surface area contributed by atoms with Crippen LogP contribution in [-0.4, -0.2) is 18.0 Å². The molecule has 3 rings (SSSR count). The van der Waals surface area contributed by atoms with Crippen molar-refractivity contribution in [3.8, 4) is 0 Å². The molecule has 0 saturated heterocycles. The molecule has 0 heterocycles. The zero-order valence-corrected chi connectivity index (χ0v) is 17.0. The predicted molar refractivity (Wildman–Crippen MR) is 117 cm³/mol. The molecule has 0 fully saturated rings. The quantitative estimate of drug-likeness (QED) is 0.595. The molecule has 2 N–H and O–H groups in total. The van der Waals surface area contributed by atoms with E-state index in [1.807, 2.05) is 91.9 Å². The second-order valence-electron chi connectivity index (χ2n) is 7.15. The van der Waals surface area contributed by atoms with Crippen molar-refractivity contribution in [2.75, 3.05) is 0 Å².